The molecule has 0 atom stereocenters. The Hall–Kier alpha value is -1.58. The van der Waals surface area contributed by atoms with Crippen LogP contribution in [0.3, 0.4) is 0 Å². The average Bonchev–Trinajstić information content (AvgIpc) is 2.04. The van der Waals surface area contributed by atoms with Crippen LogP contribution in [0.5, 0.6) is 0 Å². The van der Waals surface area contributed by atoms with Gasteiger partial charge in [-0.15, -0.1) is 0 Å². The van der Waals surface area contributed by atoms with Gasteiger partial charge in [-0.1, -0.05) is 0 Å². The summed E-state index contributed by atoms with van der Waals surface area (Å²) in [7, 11) is 0. The van der Waals surface area contributed by atoms with Crippen LogP contribution in [-0.4, -0.2) is 22.4 Å². The van der Waals surface area contributed by atoms with E-state index in [9.17, 15) is 0 Å². The molecule has 0 saturated carbocycles. The molecule has 1 heterocycles. The molecule has 50 valence electrons. The van der Waals surface area contributed by atoms with Crippen molar-refractivity contribution in [1.82, 2.24) is 9.97 Å². The van der Waals surface area contributed by atoms with Crippen molar-refractivity contribution in [1.29, 1.82) is 10.8 Å². The summed E-state index contributed by atoms with van der Waals surface area (Å²) in [4.78, 5) is 7.62. The lowest BCUT2D eigenvalue weighted by Gasteiger charge is -1.92. The summed E-state index contributed by atoms with van der Waals surface area (Å²) < 4.78 is 0. The van der Waals surface area contributed by atoms with Crippen LogP contribution in [0.25, 0.3) is 0 Å². The van der Waals surface area contributed by atoms with Crippen LogP contribution in [0.4, 0.5) is 0 Å². The Morgan fingerprint density at radius 2 is 1.40 bits per heavy atom. The lowest BCUT2D eigenvalue weighted by molar-refractivity contribution is 1.16. The molecule has 0 saturated heterocycles. The molecule has 1 aromatic rings. The van der Waals surface area contributed by atoms with Gasteiger partial charge in [0.2, 0.25) is 0 Å². The Balaban J connectivity index is 3.20. The van der Waals surface area contributed by atoms with Crippen LogP contribution in [0, 0.1) is 10.8 Å². The Labute approximate surface area is 58.0 Å². The number of rotatable bonds is 2. The number of aromatic nitrogens is 2. The molecule has 0 aliphatic rings. The van der Waals surface area contributed by atoms with Crippen LogP contribution in [0.2, 0.25) is 0 Å². The molecule has 0 radical (unpaired) electrons. The maximum atomic E-state index is 6.86. The summed E-state index contributed by atoms with van der Waals surface area (Å²) in [5.41, 5.74) is 0.856. The Bertz CT molecular complexity index is 229. The van der Waals surface area contributed by atoms with Gasteiger partial charge in [-0.2, -0.15) is 0 Å². The summed E-state index contributed by atoms with van der Waals surface area (Å²) in [6, 6.07) is 0. The third-order valence-electron chi connectivity index (χ3n) is 1.03. The van der Waals surface area contributed by atoms with Gasteiger partial charge in [0.15, 0.2) is 0 Å². The first kappa shape index (κ1) is 6.54. The molecular weight excluding hydrogens is 128 g/mol. The van der Waals surface area contributed by atoms with Crippen molar-refractivity contribution in [2.75, 3.05) is 0 Å². The fourth-order valence-corrected chi connectivity index (χ4v) is 0.582. The third kappa shape index (κ3) is 1.05. The number of hydrogen-bond acceptors (Lipinski definition) is 4. The number of nitrogens with zero attached hydrogens (tertiary/aromatic N) is 2. The molecule has 0 fully saturated rings. The molecule has 4 nitrogen and oxygen atoms in total. The first-order valence-corrected chi connectivity index (χ1v) is 2.70. The normalized spacial score (nSPS) is 8.80. The van der Waals surface area contributed by atoms with Crippen molar-refractivity contribution in [3.63, 3.8) is 0 Å². The lowest BCUT2D eigenvalue weighted by Crippen LogP contribution is -1.96. The average molecular weight is 134 g/mol. The SMILES string of the molecule is N=Cc1nccnc1C=N. The highest BCUT2D eigenvalue weighted by atomic mass is 14.8. The fourth-order valence-electron chi connectivity index (χ4n) is 0.582. The largest absolute Gasteiger partial charge is 0.306 e. The second-order valence-electron chi connectivity index (χ2n) is 1.62. The van der Waals surface area contributed by atoms with E-state index in [0.717, 1.165) is 12.4 Å². The summed E-state index contributed by atoms with van der Waals surface area (Å²) in [6.45, 7) is 0. The van der Waals surface area contributed by atoms with Crippen LogP contribution in [-0.2, 0) is 0 Å². The molecule has 0 aliphatic heterocycles. The van der Waals surface area contributed by atoms with Crippen molar-refractivity contribution in [3.05, 3.63) is 23.8 Å². The molecule has 2 N–H and O–H groups in total. The molecule has 1 aromatic heterocycles. The lowest BCUT2D eigenvalue weighted by atomic mass is 10.3. The van der Waals surface area contributed by atoms with E-state index in [-0.39, 0.29) is 0 Å². The van der Waals surface area contributed by atoms with Crippen molar-refractivity contribution in [3.8, 4) is 0 Å². The number of nitrogens with one attached hydrogen (secondary N) is 2. The molecular formula is C6H6N4. The van der Waals surface area contributed by atoms with Crippen LogP contribution < -0.4 is 0 Å². The van der Waals surface area contributed by atoms with E-state index >= 15 is 0 Å². The Morgan fingerprint density at radius 3 is 1.70 bits per heavy atom. The van der Waals surface area contributed by atoms with Crippen LogP contribution >= 0.6 is 0 Å². The number of hydrogen-bond donors (Lipinski definition) is 2. The second kappa shape index (κ2) is 2.82. The maximum absolute atomic E-state index is 6.86. The first-order valence-electron chi connectivity index (χ1n) is 2.70. The zero-order valence-electron chi connectivity index (χ0n) is 5.20. The topological polar surface area (TPSA) is 73.5 Å². The van der Waals surface area contributed by atoms with Gasteiger partial charge in [-0.3, -0.25) is 9.97 Å². The van der Waals surface area contributed by atoms with Crippen molar-refractivity contribution >= 4 is 12.4 Å². The monoisotopic (exact) mass is 134 g/mol. The van der Waals surface area contributed by atoms with Gasteiger partial charge in [0.05, 0.1) is 0 Å². The Kier molecular flexibility index (Phi) is 1.84. The van der Waals surface area contributed by atoms with E-state index in [1.807, 2.05) is 0 Å². The third-order valence-corrected chi connectivity index (χ3v) is 1.03. The standard InChI is InChI=1S/C6H6N4/c7-3-5-6(4-8)10-2-1-9-5/h1-4,7-8H. The van der Waals surface area contributed by atoms with Gasteiger partial charge >= 0.3 is 0 Å². The first-order chi connectivity index (χ1) is 4.88. The van der Waals surface area contributed by atoms with E-state index in [2.05, 4.69) is 9.97 Å². The van der Waals surface area contributed by atoms with Gasteiger partial charge < -0.3 is 10.8 Å². The molecule has 0 amide bonds. The van der Waals surface area contributed by atoms with Crippen molar-refractivity contribution < 1.29 is 0 Å². The predicted molar refractivity (Wildman–Crippen MR) is 37.8 cm³/mol. The van der Waals surface area contributed by atoms with Gasteiger partial charge in [0.1, 0.15) is 11.4 Å². The van der Waals surface area contributed by atoms with E-state index in [1.54, 1.807) is 0 Å². The van der Waals surface area contributed by atoms with Crippen molar-refractivity contribution in [2.45, 2.75) is 0 Å². The minimum absolute atomic E-state index is 0.428. The highest BCUT2D eigenvalue weighted by Crippen LogP contribution is 1.92. The molecule has 4 heteroatoms. The molecule has 0 unspecified atom stereocenters. The van der Waals surface area contributed by atoms with E-state index in [4.69, 9.17) is 10.8 Å². The fraction of sp³-hybridized carbons (Fsp3) is 0. The minimum atomic E-state index is 0.428. The predicted octanol–water partition coefficient (Wildman–Crippen LogP) is 0.472. The van der Waals surface area contributed by atoms with Crippen molar-refractivity contribution in [2.24, 2.45) is 0 Å². The molecule has 0 spiro atoms. The smallest absolute Gasteiger partial charge is 0.108 e. The van der Waals surface area contributed by atoms with Gasteiger partial charge in [-0.25, -0.2) is 0 Å². The Morgan fingerprint density at radius 1 is 1.00 bits per heavy atom. The molecule has 1 rings (SSSR count). The summed E-state index contributed by atoms with van der Waals surface area (Å²) in [6.07, 6.45) is 5.14. The summed E-state index contributed by atoms with van der Waals surface area (Å²) >= 11 is 0. The van der Waals surface area contributed by atoms with Gasteiger partial charge in [0.25, 0.3) is 0 Å². The van der Waals surface area contributed by atoms with E-state index < -0.39 is 0 Å². The summed E-state index contributed by atoms with van der Waals surface area (Å²) in [5, 5.41) is 13.7. The molecule has 10 heavy (non-hydrogen) atoms. The molecule has 0 bridgehead atoms. The highest BCUT2D eigenvalue weighted by Gasteiger charge is 1.95. The van der Waals surface area contributed by atoms with Gasteiger partial charge in [0, 0.05) is 24.8 Å². The molecule has 0 aromatic carbocycles. The second-order valence-corrected chi connectivity index (χ2v) is 1.62. The van der Waals surface area contributed by atoms with Gasteiger partial charge in [-0.05, 0) is 0 Å². The van der Waals surface area contributed by atoms with Crippen LogP contribution in [0.15, 0.2) is 12.4 Å². The summed E-state index contributed by atoms with van der Waals surface area (Å²) in [5.74, 6) is 0. The minimum Gasteiger partial charge on any atom is -0.306 e. The zero-order valence-corrected chi connectivity index (χ0v) is 5.20. The molecule has 0 aliphatic carbocycles. The zero-order chi connectivity index (χ0) is 7.40. The highest BCUT2D eigenvalue weighted by molar-refractivity contribution is 5.88. The van der Waals surface area contributed by atoms with E-state index in [0.29, 0.717) is 11.4 Å². The van der Waals surface area contributed by atoms with E-state index in [1.165, 1.54) is 12.4 Å². The van der Waals surface area contributed by atoms with Crippen LogP contribution in [0.1, 0.15) is 11.4 Å². The quantitative estimate of drug-likeness (QED) is 0.577. The maximum Gasteiger partial charge on any atom is 0.108 e.